The molecule has 78 valence electrons. The van der Waals surface area contributed by atoms with E-state index in [9.17, 15) is 0 Å². The molecule has 2 nitrogen and oxygen atoms in total. The average Bonchev–Trinajstić information content (AvgIpc) is 2.10. The van der Waals surface area contributed by atoms with Gasteiger partial charge in [0.2, 0.25) is 0 Å². The number of hydrogen-bond acceptors (Lipinski definition) is 2. The Morgan fingerprint density at radius 2 is 2.29 bits per heavy atom. The van der Waals surface area contributed by atoms with Crippen LogP contribution in [0.15, 0.2) is 16.7 Å². The normalized spacial score (nSPS) is 10.6. The molecule has 0 fully saturated rings. The van der Waals surface area contributed by atoms with Gasteiger partial charge >= 0.3 is 0 Å². The third-order valence-electron chi connectivity index (χ3n) is 1.85. The molecule has 0 atom stereocenters. The molecule has 0 unspecified atom stereocenters. The van der Waals surface area contributed by atoms with Crippen molar-refractivity contribution in [3.8, 4) is 0 Å². The summed E-state index contributed by atoms with van der Waals surface area (Å²) in [6, 6.07) is 1.94. The highest BCUT2D eigenvalue weighted by atomic mass is 79.9. The molecule has 0 radical (unpaired) electrons. The zero-order valence-electron chi connectivity index (χ0n) is 8.35. The van der Waals surface area contributed by atoms with Gasteiger partial charge in [-0.2, -0.15) is 0 Å². The molecule has 0 spiro atoms. The number of hydrogen-bond donors (Lipinski definition) is 1. The average molecular weight is 278 g/mol. The molecule has 0 aliphatic carbocycles. The molecule has 0 aliphatic heterocycles. The summed E-state index contributed by atoms with van der Waals surface area (Å²) < 4.78 is 0.828. The van der Waals surface area contributed by atoms with Crippen molar-refractivity contribution in [2.75, 3.05) is 11.9 Å². The van der Waals surface area contributed by atoms with E-state index in [1.165, 1.54) is 0 Å². The Morgan fingerprint density at radius 3 is 2.86 bits per heavy atom. The van der Waals surface area contributed by atoms with Crippen molar-refractivity contribution in [3.05, 3.63) is 21.9 Å². The van der Waals surface area contributed by atoms with E-state index in [1.807, 2.05) is 6.07 Å². The van der Waals surface area contributed by atoms with Crippen molar-refractivity contribution >= 4 is 33.2 Å². The Labute approximate surface area is 98.2 Å². The zero-order valence-corrected chi connectivity index (χ0v) is 10.7. The Kier molecular flexibility index (Phi) is 4.69. The van der Waals surface area contributed by atoms with Crippen LogP contribution >= 0.6 is 27.5 Å². The van der Waals surface area contributed by atoms with Crippen molar-refractivity contribution in [2.24, 2.45) is 5.92 Å². The molecule has 0 bridgehead atoms. The lowest BCUT2D eigenvalue weighted by Crippen LogP contribution is -2.04. The molecule has 1 rings (SSSR count). The predicted molar refractivity (Wildman–Crippen MR) is 64.9 cm³/mol. The summed E-state index contributed by atoms with van der Waals surface area (Å²) in [5.74, 6) is 0.714. The first-order valence-electron chi connectivity index (χ1n) is 4.64. The van der Waals surface area contributed by atoms with E-state index in [2.05, 4.69) is 40.1 Å². The number of aromatic nitrogens is 1. The van der Waals surface area contributed by atoms with Gasteiger partial charge in [0.1, 0.15) is 5.15 Å². The molecule has 1 N–H and O–H groups in total. The molecule has 0 aliphatic rings. The van der Waals surface area contributed by atoms with E-state index in [0.29, 0.717) is 11.1 Å². The molecule has 1 aromatic heterocycles. The number of pyridine rings is 1. The molecule has 0 saturated carbocycles. The summed E-state index contributed by atoms with van der Waals surface area (Å²) in [7, 11) is 0. The third-order valence-corrected chi connectivity index (χ3v) is 2.98. The number of rotatable bonds is 4. The molecular formula is C10H14BrClN2. The zero-order chi connectivity index (χ0) is 10.6. The smallest absolute Gasteiger partial charge is 0.143 e. The summed E-state index contributed by atoms with van der Waals surface area (Å²) in [4.78, 5) is 4.03. The van der Waals surface area contributed by atoms with Crippen LogP contribution in [-0.2, 0) is 0 Å². The third kappa shape index (κ3) is 3.84. The van der Waals surface area contributed by atoms with Crippen molar-refractivity contribution in [2.45, 2.75) is 20.3 Å². The van der Waals surface area contributed by atoms with Gasteiger partial charge in [0.15, 0.2) is 0 Å². The highest BCUT2D eigenvalue weighted by Crippen LogP contribution is 2.22. The van der Waals surface area contributed by atoms with Crippen molar-refractivity contribution in [3.63, 3.8) is 0 Å². The number of nitrogens with one attached hydrogen (secondary N) is 1. The maximum absolute atomic E-state index is 5.78. The lowest BCUT2D eigenvalue weighted by Gasteiger charge is -2.08. The van der Waals surface area contributed by atoms with Crippen LogP contribution in [0.3, 0.4) is 0 Å². The second-order valence-corrected chi connectivity index (χ2v) is 4.82. The SMILES string of the molecule is CC(C)CCNc1cnc(Cl)c(Br)c1. The van der Waals surface area contributed by atoms with Gasteiger partial charge in [0.05, 0.1) is 16.4 Å². The second-order valence-electron chi connectivity index (χ2n) is 3.61. The van der Waals surface area contributed by atoms with Gasteiger partial charge in [-0.1, -0.05) is 25.4 Å². The van der Waals surface area contributed by atoms with Gasteiger partial charge in [-0.25, -0.2) is 4.98 Å². The number of anilines is 1. The van der Waals surface area contributed by atoms with Crippen LogP contribution in [0.2, 0.25) is 5.15 Å². The summed E-state index contributed by atoms with van der Waals surface area (Å²) >= 11 is 9.11. The van der Waals surface area contributed by atoms with Crippen molar-refractivity contribution in [1.82, 2.24) is 4.98 Å². The van der Waals surface area contributed by atoms with Gasteiger partial charge < -0.3 is 5.32 Å². The van der Waals surface area contributed by atoms with Gasteiger partial charge in [0.25, 0.3) is 0 Å². The van der Waals surface area contributed by atoms with Crippen LogP contribution in [0.5, 0.6) is 0 Å². The summed E-state index contributed by atoms with van der Waals surface area (Å²) in [5.41, 5.74) is 1.00. The summed E-state index contributed by atoms with van der Waals surface area (Å²) in [6.45, 7) is 5.38. The van der Waals surface area contributed by atoms with Crippen LogP contribution in [0.1, 0.15) is 20.3 Å². The van der Waals surface area contributed by atoms with Gasteiger partial charge in [0, 0.05) is 6.54 Å². The molecule has 1 aromatic rings. The molecule has 4 heteroatoms. The van der Waals surface area contributed by atoms with Crippen LogP contribution in [-0.4, -0.2) is 11.5 Å². The molecule has 0 amide bonds. The lowest BCUT2D eigenvalue weighted by molar-refractivity contribution is 0.607. The monoisotopic (exact) mass is 276 g/mol. The summed E-state index contributed by atoms with van der Waals surface area (Å²) in [6.07, 6.45) is 2.90. The van der Waals surface area contributed by atoms with E-state index >= 15 is 0 Å². The quantitative estimate of drug-likeness (QED) is 0.843. The standard InChI is InChI=1S/C10H14BrClN2/c1-7(2)3-4-13-8-5-9(11)10(12)14-6-8/h5-7,13H,3-4H2,1-2H3. The summed E-state index contributed by atoms with van der Waals surface area (Å²) in [5, 5.41) is 3.79. The molecular weight excluding hydrogens is 263 g/mol. The lowest BCUT2D eigenvalue weighted by atomic mass is 10.1. The number of nitrogens with zero attached hydrogens (tertiary/aromatic N) is 1. The van der Waals surface area contributed by atoms with E-state index < -0.39 is 0 Å². The van der Waals surface area contributed by atoms with Crippen LogP contribution < -0.4 is 5.32 Å². The Balaban J connectivity index is 2.47. The maximum Gasteiger partial charge on any atom is 0.143 e. The largest absolute Gasteiger partial charge is 0.384 e. The number of halogens is 2. The molecule has 1 heterocycles. The van der Waals surface area contributed by atoms with Crippen molar-refractivity contribution < 1.29 is 0 Å². The van der Waals surface area contributed by atoms with Crippen LogP contribution in [0, 0.1) is 5.92 Å². The molecule has 0 aromatic carbocycles. The fourth-order valence-corrected chi connectivity index (χ4v) is 1.48. The minimum Gasteiger partial charge on any atom is -0.384 e. The van der Waals surface area contributed by atoms with Crippen LogP contribution in [0.4, 0.5) is 5.69 Å². The first-order chi connectivity index (χ1) is 6.59. The minimum atomic E-state index is 0.499. The first kappa shape index (κ1) is 11.8. The van der Waals surface area contributed by atoms with E-state index in [-0.39, 0.29) is 0 Å². The highest BCUT2D eigenvalue weighted by molar-refractivity contribution is 9.10. The minimum absolute atomic E-state index is 0.499. The van der Waals surface area contributed by atoms with E-state index in [0.717, 1.165) is 23.1 Å². The Hall–Kier alpha value is -0.280. The Morgan fingerprint density at radius 1 is 1.57 bits per heavy atom. The predicted octanol–water partition coefficient (Wildman–Crippen LogP) is 3.96. The molecule has 0 saturated heterocycles. The first-order valence-corrected chi connectivity index (χ1v) is 5.81. The highest BCUT2D eigenvalue weighted by Gasteiger charge is 2.00. The topological polar surface area (TPSA) is 24.9 Å². The van der Waals surface area contributed by atoms with Crippen LogP contribution in [0.25, 0.3) is 0 Å². The Bertz CT molecular complexity index is 302. The van der Waals surface area contributed by atoms with E-state index in [4.69, 9.17) is 11.6 Å². The van der Waals surface area contributed by atoms with Gasteiger partial charge in [-0.3, -0.25) is 0 Å². The van der Waals surface area contributed by atoms with Gasteiger partial charge in [-0.15, -0.1) is 0 Å². The van der Waals surface area contributed by atoms with E-state index in [1.54, 1.807) is 6.20 Å². The molecule has 14 heavy (non-hydrogen) atoms. The van der Waals surface area contributed by atoms with Gasteiger partial charge in [-0.05, 0) is 34.3 Å². The maximum atomic E-state index is 5.78. The fourth-order valence-electron chi connectivity index (χ4n) is 1.02. The van der Waals surface area contributed by atoms with Crippen molar-refractivity contribution in [1.29, 1.82) is 0 Å². The fraction of sp³-hybridized carbons (Fsp3) is 0.500. The second kappa shape index (κ2) is 5.56.